The Bertz CT molecular complexity index is 582. The van der Waals surface area contributed by atoms with Crippen molar-refractivity contribution in [2.75, 3.05) is 0 Å². The van der Waals surface area contributed by atoms with Gasteiger partial charge in [-0.15, -0.1) is 0 Å². The molecule has 0 atom stereocenters. The predicted octanol–water partition coefficient (Wildman–Crippen LogP) is 3.63. The van der Waals surface area contributed by atoms with E-state index in [-0.39, 0.29) is 0 Å². The molecule has 0 saturated carbocycles. The summed E-state index contributed by atoms with van der Waals surface area (Å²) in [6.07, 6.45) is 2.42. The van der Waals surface area contributed by atoms with Gasteiger partial charge in [-0.2, -0.15) is 5.26 Å². The highest BCUT2D eigenvalue weighted by molar-refractivity contribution is 5.34. The summed E-state index contributed by atoms with van der Waals surface area (Å²) in [5, 5.41) is 8.66. The van der Waals surface area contributed by atoms with Gasteiger partial charge < -0.3 is 0 Å². The quantitative estimate of drug-likeness (QED) is 0.806. The van der Waals surface area contributed by atoms with Crippen LogP contribution in [0.3, 0.4) is 0 Å². The summed E-state index contributed by atoms with van der Waals surface area (Å²) in [5.41, 5.74) is 2.25. The molecule has 0 bridgehead atoms. The Kier molecular flexibility index (Phi) is 3.69. The molecule has 0 spiro atoms. The average Bonchev–Trinajstić information content (AvgIpc) is 2.41. The summed E-state index contributed by atoms with van der Waals surface area (Å²) in [5.74, 6) is -1.69. The molecule has 0 amide bonds. The second kappa shape index (κ2) is 5.42. The topological polar surface area (TPSA) is 23.8 Å². The summed E-state index contributed by atoms with van der Waals surface area (Å²) in [6.45, 7) is 0. The van der Waals surface area contributed by atoms with Gasteiger partial charge >= 0.3 is 0 Å². The van der Waals surface area contributed by atoms with Crippen molar-refractivity contribution >= 4 is 0 Å². The first-order valence-electron chi connectivity index (χ1n) is 5.46. The number of nitriles is 1. The van der Waals surface area contributed by atoms with E-state index in [0.29, 0.717) is 17.5 Å². The lowest BCUT2D eigenvalue weighted by Gasteiger charge is -2.02. The van der Waals surface area contributed by atoms with Crippen molar-refractivity contribution in [2.45, 2.75) is 6.42 Å². The van der Waals surface area contributed by atoms with Crippen LogP contribution in [0, 0.1) is 29.4 Å². The number of nitrogens with zero attached hydrogens (tertiary/aromatic N) is 1. The lowest BCUT2D eigenvalue weighted by Crippen LogP contribution is -1.91. The van der Waals surface area contributed by atoms with Crippen molar-refractivity contribution < 1.29 is 8.78 Å². The van der Waals surface area contributed by atoms with Crippen LogP contribution in [0.2, 0.25) is 0 Å². The number of rotatable bonds is 3. The zero-order chi connectivity index (χ0) is 13.0. The van der Waals surface area contributed by atoms with Gasteiger partial charge in [0.15, 0.2) is 11.6 Å². The molecule has 0 heterocycles. The molecule has 0 aliphatic rings. The van der Waals surface area contributed by atoms with Gasteiger partial charge in [0.05, 0.1) is 11.6 Å². The molecule has 0 aliphatic heterocycles. The first-order chi connectivity index (χ1) is 8.69. The van der Waals surface area contributed by atoms with E-state index in [0.717, 1.165) is 11.6 Å². The fourth-order valence-corrected chi connectivity index (χ4v) is 1.59. The predicted molar refractivity (Wildman–Crippen MR) is 64.6 cm³/mol. The summed E-state index contributed by atoms with van der Waals surface area (Å²) < 4.78 is 25.7. The smallest absolute Gasteiger partial charge is 0.159 e. The van der Waals surface area contributed by atoms with E-state index in [9.17, 15) is 8.78 Å². The molecule has 0 aromatic heterocycles. The lowest BCUT2D eigenvalue weighted by atomic mass is 10.0. The zero-order valence-electron chi connectivity index (χ0n) is 9.53. The molecule has 0 saturated heterocycles. The van der Waals surface area contributed by atoms with Gasteiger partial charge in [0, 0.05) is 0 Å². The SMILES string of the molecule is N#Cc1ccc(C[CH]c2ccc(F)c(F)c2)cc1. The molecule has 2 aromatic carbocycles. The minimum absolute atomic E-state index is 0.603. The summed E-state index contributed by atoms with van der Waals surface area (Å²) in [6, 6.07) is 13.0. The van der Waals surface area contributed by atoms with Crippen LogP contribution < -0.4 is 0 Å². The maximum Gasteiger partial charge on any atom is 0.159 e. The zero-order valence-corrected chi connectivity index (χ0v) is 9.53. The van der Waals surface area contributed by atoms with Gasteiger partial charge in [0.1, 0.15) is 0 Å². The molecule has 0 N–H and O–H groups in total. The van der Waals surface area contributed by atoms with Gasteiger partial charge in [-0.3, -0.25) is 0 Å². The van der Waals surface area contributed by atoms with E-state index in [1.807, 2.05) is 24.6 Å². The third-order valence-electron chi connectivity index (χ3n) is 2.60. The summed E-state index contributed by atoms with van der Waals surface area (Å²) >= 11 is 0. The van der Waals surface area contributed by atoms with Crippen LogP contribution in [-0.4, -0.2) is 0 Å². The van der Waals surface area contributed by atoms with Gasteiger partial charge in [-0.05, 0) is 48.2 Å². The van der Waals surface area contributed by atoms with Crippen LogP contribution in [-0.2, 0) is 6.42 Å². The Morgan fingerprint density at radius 1 is 1.00 bits per heavy atom. The molecular formula is C15H10F2N. The standard InChI is InChI=1S/C15H10F2N/c16-14-8-7-12(9-15(14)17)4-1-11-2-5-13(10-18)6-3-11/h2-9H,1H2. The second-order valence-electron chi connectivity index (χ2n) is 3.89. The normalized spacial score (nSPS) is 10.1. The molecule has 18 heavy (non-hydrogen) atoms. The minimum atomic E-state index is -0.844. The first-order valence-corrected chi connectivity index (χ1v) is 5.46. The van der Waals surface area contributed by atoms with Crippen molar-refractivity contribution in [1.29, 1.82) is 5.26 Å². The van der Waals surface area contributed by atoms with Crippen molar-refractivity contribution in [3.8, 4) is 6.07 Å². The van der Waals surface area contributed by atoms with E-state index in [1.165, 1.54) is 12.1 Å². The van der Waals surface area contributed by atoms with E-state index >= 15 is 0 Å². The molecular weight excluding hydrogens is 232 g/mol. The van der Waals surface area contributed by atoms with E-state index < -0.39 is 11.6 Å². The molecule has 89 valence electrons. The highest BCUT2D eigenvalue weighted by atomic mass is 19.2. The Morgan fingerprint density at radius 2 is 1.72 bits per heavy atom. The van der Waals surface area contributed by atoms with Gasteiger partial charge in [-0.25, -0.2) is 8.78 Å². The second-order valence-corrected chi connectivity index (χ2v) is 3.89. The van der Waals surface area contributed by atoms with Gasteiger partial charge in [0.2, 0.25) is 0 Å². The fraction of sp³-hybridized carbons (Fsp3) is 0.0667. The van der Waals surface area contributed by atoms with Crippen LogP contribution in [0.1, 0.15) is 16.7 Å². The van der Waals surface area contributed by atoms with Crippen molar-refractivity contribution in [2.24, 2.45) is 0 Å². The molecule has 1 nitrogen and oxygen atoms in total. The highest BCUT2D eigenvalue weighted by Crippen LogP contribution is 2.13. The van der Waals surface area contributed by atoms with Crippen LogP contribution in [0.15, 0.2) is 42.5 Å². The molecule has 0 unspecified atom stereocenters. The molecule has 2 rings (SSSR count). The number of hydrogen-bond donors (Lipinski definition) is 0. The summed E-state index contributed by atoms with van der Waals surface area (Å²) in [7, 11) is 0. The van der Waals surface area contributed by atoms with Gasteiger partial charge in [0.25, 0.3) is 0 Å². The third kappa shape index (κ3) is 2.92. The van der Waals surface area contributed by atoms with Crippen molar-refractivity contribution in [1.82, 2.24) is 0 Å². The number of halogens is 2. The Hall–Kier alpha value is -2.21. The molecule has 0 aliphatic carbocycles. The lowest BCUT2D eigenvalue weighted by molar-refractivity contribution is 0.508. The molecule has 1 radical (unpaired) electrons. The Labute approximate surface area is 104 Å². The maximum absolute atomic E-state index is 13.0. The van der Waals surface area contributed by atoms with Crippen LogP contribution in [0.4, 0.5) is 8.78 Å². The van der Waals surface area contributed by atoms with Crippen LogP contribution >= 0.6 is 0 Å². The van der Waals surface area contributed by atoms with E-state index in [2.05, 4.69) is 0 Å². The Balaban J connectivity index is 2.02. The largest absolute Gasteiger partial charge is 0.204 e. The number of benzene rings is 2. The van der Waals surface area contributed by atoms with Crippen molar-refractivity contribution in [3.05, 3.63) is 77.2 Å². The maximum atomic E-state index is 13.0. The van der Waals surface area contributed by atoms with Crippen LogP contribution in [0.25, 0.3) is 0 Å². The van der Waals surface area contributed by atoms with E-state index in [1.54, 1.807) is 12.1 Å². The number of hydrogen-bond acceptors (Lipinski definition) is 1. The fourth-order valence-electron chi connectivity index (χ4n) is 1.59. The van der Waals surface area contributed by atoms with Gasteiger partial charge in [-0.1, -0.05) is 18.2 Å². The molecule has 2 aromatic rings. The third-order valence-corrected chi connectivity index (χ3v) is 2.60. The summed E-state index contributed by atoms with van der Waals surface area (Å²) in [4.78, 5) is 0. The first kappa shape index (κ1) is 12.3. The van der Waals surface area contributed by atoms with Crippen LogP contribution in [0.5, 0.6) is 0 Å². The van der Waals surface area contributed by atoms with Crippen molar-refractivity contribution in [3.63, 3.8) is 0 Å². The highest BCUT2D eigenvalue weighted by Gasteiger charge is 2.03. The minimum Gasteiger partial charge on any atom is -0.204 e. The molecule has 3 heteroatoms. The Morgan fingerprint density at radius 3 is 2.33 bits per heavy atom. The van der Waals surface area contributed by atoms with E-state index in [4.69, 9.17) is 5.26 Å². The molecule has 0 fully saturated rings. The monoisotopic (exact) mass is 242 g/mol. The average molecular weight is 242 g/mol.